The monoisotopic (exact) mass is 440 g/mol. The number of aryl methyl sites for hydroxylation is 1. The zero-order valence-corrected chi connectivity index (χ0v) is 16.5. The number of halogens is 1. The summed E-state index contributed by atoms with van der Waals surface area (Å²) in [5.74, 6) is 1.57. The van der Waals surface area contributed by atoms with E-state index in [9.17, 15) is 0 Å². The van der Waals surface area contributed by atoms with Crippen molar-refractivity contribution in [1.82, 2.24) is 15.6 Å². The second kappa shape index (κ2) is 9.05. The Labute approximate surface area is 160 Å². The molecule has 1 aromatic heterocycles. The summed E-state index contributed by atoms with van der Waals surface area (Å²) in [5, 5.41) is 6.68. The lowest BCUT2D eigenvalue weighted by atomic mass is 10.1. The molecular weight excluding hydrogens is 415 g/mol. The predicted molar refractivity (Wildman–Crippen MR) is 108 cm³/mol. The first-order valence-corrected chi connectivity index (χ1v) is 8.31. The number of hydrogen-bond donors (Lipinski definition) is 2. The van der Waals surface area contributed by atoms with E-state index in [-0.39, 0.29) is 24.0 Å². The first-order valence-electron chi connectivity index (χ1n) is 8.31. The molecule has 1 heterocycles. The first-order chi connectivity index (χ1) is 11.2. The molecule has 1 fully saturated rings. The van der Waals surface area contributed by atoms with Crippen molar-refractivity contribution >= 4 is 29.9 Å². The van der Waals surface area contributed by atoms with E-state index in [1.807, 2.05) is 12.1 Å². The third-order valence-electron chi connectivity index (χ3n) is 3.75. The van der Waals surface area contributed by atoms with Crippen LogP contribution in [-0.4, -0.2) is 30.1 Å². The van der Waals surface area contributed by atoms with Crippen molar-refractivity contribution in [3.05, 3.63) is 41.8 Å². The second-order valence-corrected chi connectivity index (χ2v) is 5.94. The molecule has 0 radical (unpaired) electrons. The normalized spacial score (nSPS) is 14.2. The molecule has 2 N–H and O–H groups in total. The van der Waals surface area contributed by atoms with Gasteiger partial charge < -0.3 is 15.1 Å². The van der Waals surface area contributed by atoms with E-state index in [4.69, 9.17) is 4.42 Å². The van der Waals surface area contributed by atoms with Crippen molar-refractivity contribution in [1.29, 1.82) is 0 Å². The Bertz CT molecular complexity index is 662. The van der Waals surface area contributed by atoms with Gasteiger partial charge in [-0.15, -0.1) is 24.0 Å². The molecule has 0 aliphatic heterocycles. The SMILES string of the molecule is CCNC(=NCCc1coc(-c2ccc(C)cc2)n1)NC1CC1.I. The molecule has 0 amide bonds. The highest BCUT2D eigenvalue weighted by atomic mass is 127. The van der Waals surface area contributed by atoms with Crippen LogP contribution < -0.4 is 10.6 Å². The van der Waals surface area contributed by atoms with Crippen LogP contribution in [-0.2, 0) is 6.42 Å². The predicted octanol–water partition coefficient (Wildman–Crippen LogP) is 3.53. The quantitative estimate of drug-likeness (QED) is 0.410. The van der Waals surface area contributed by atoms with E-state index in [2.05, 4.69) is 46.6 Å². The largest absolute Gasteiger partial charge is 0.444 e. The van der Waals surface area contributed by atoms with Crippen molar-refractivity contribution in [3.8, 4) is 11.5 Å². The summed E-state index contributed by atoms with van der Waals surface area (Å²) in [5.41, 5.74) is 3.18. The molecule has 0 spiro atoms. The van der Waals surface area contributed by atoms with E-state index < -0.39 is 0 Å². The molecule has 6 heteroatoms. The maximum absolute atomic E-state index is 5.58. The van der Waals surface area contributed by atoms with Gasteiger partial charge in [-0.3, -0.25) is 4.99 Å². The van der Waals surface area contributed by atoms with Gasteiger partial charge in [-0.05, 0) is 38.8 Å². The molecule has 1 aliphatic carbocycles. The molecule has 5 nitrogen and oxygen atoms in total. The summed E-state index contributed by atoms with van der Waals surface area (Å²) < 4.78 is 5.58. The average molecular weight is 440 g/mol. The minimum absolute atomic E-state index is 0. The Hall–Kier alpha value is -1.57. The van der Waals surface area contributed by atoms with E-state index in [0.717, 1.165) is 30.2 Å². The van der Waals surface area contributed by atoms with E-state index in [1.54, 1.807) is 6.26 Å². The van der Waals surface area contributed by atoms with Crippen LogP contribution in [0.5, 0.6) is 0 Å². The number of nitrogens with zero attached hydrogens (tertiary/aromatic N) is 2. The fourth-order valence-corrected chi connectivity index (χ4v) is 2.27. The van der Waals surface area contributed by atoms with Gasteiger partial charge in [0.2, 0.25) is 5.89 Å². The highest BCUT2D eigenvalue weighted by Crippen LogP contribution is 2.19. The molecule has 1 aliphatic rings. The Morgan fingerprint density at radius 2 is 2.04 bits per heavy atom. The Kier molecular flexibility index (Phi) is 7.08. The number of aliphatic imine (C=N–C) groups is 1. The smallest absolute Gasteiger partial charge is 0.226 e. The minimum Gasteiger partial charge on any atom is -0.444 e. The van der Waals surface area contributed by atoms with Gasteiger partial charge in [0.05, 0.1) is 5.69 Å². The van der Waals surface area contributed by atoms with Crippen LogP contribution in [0.2, 0.25) is 0 Å². The number of aromatic nitrogens is 1. The van der Waals surface area contributed by atoms with Crippen LogP contribution in [0.25, 0.3) is 11.5 Å². The zero-order valence-electron chi connectivity index (χ0n) is 14.2. The Balaban J connectivity index is 0.00000208. The summed E-state index contributed by atoms with van der Waals surface area (Å²) in [6, 6.07) is 8.80. The molecule has 0 atom stereocenters. The second-order valence-electron chi connectivity index (χ2n) is 5.94. The van der Waals surface area contributed by atoms with Gasteiger partial charge in [0.25, 0.3) is 0 Å². The Morgan fingerprint density at radius 1 is 1.29 bits per heavy atom. The van der Waals surface area contributed by atoms with Crippen LogP contribution in [0.15, 0.2) is 39.9 Å². The van der Waals surface area contributed by atoms with Gasteiger partial charge >= 0.3 is 0 Å². The van der Waals surface area contributed by atoms with Crippen molar-refractivity contribution in [2.45, 2.75) is 39.2 Å². The van der Waals surface area contributed by atoms with E-state index >= 15 is 0 Å². The maximum Gasteiger partial charge on any atom is 0.226 e. The number of oxazole rings is 1. The Morgan fingerprint density at radius 3 is 2.71 bits per heavy atom. The molecule has 2 aromatic rings. The number of rotatable bonds is 6. The fourth-order valence-electron chi connectivity index (χ4n) is 2.27. The van der Waals surface area contributed by atoms with Crippen LogP contribution in [0.1, 0.15) is 31.0 Å². The highest BCUT2D eigenvalue weighted by molar-refractivity contribution is 14.0. The van der Waals surface area contributed by atoms with Gasteiger partial charge in [0, 0.05) is 31.1 Å². The van der Waals surface area contributed by atoms with Crippen LogP contribution >= 0.6 is 24.0 Å². The highest BCUT2D eigenvalue weighted by Gasteiger charge is 2.22. The molecule has 1 saturated carbocycles. The lowest BCUT2D eigenvalue weighted by Crippen LogP contribution is -2.38. The summed E-state index contributed by atoms with van der Waals surface area (Å²) in [6.45, 7) is 5.72. The lowest BCUT2D eigenvalue weighted by Gasteiger charge is -2.09. The first kappa shape index (κ1) is 18.8. The standard InChI is InChI=1S/C18H24N4O.HI/c1-3-19-18(22-15-8-9-15)20-11-10-16-12-23-17(21-16)14-6-4-13(2)5-7-14;/h4-7,12,15H,3,8-11H2,1-2H3,(H2,19,20,22);1H. The van der Waals surface area contributed by atoms with Crippen LogP contribution in [0, 0.1) is 6.92 Å². The molecule has 3 rings (SSSR count). The minimum atomic E-state index is 0. The van der Waals surface area contributed by atoms with Crippen molar-refractivity contribution < 1.29 is 4.42 Å². The number of hydrogen-bond acceptors (Lipinski definition) is 3. The number of nitrogens with one attached hydrogen (secondary N) is 2. The van der Waals surface area contributed by atoms with Gasteiger partial charge in [-0.25, -0.2) is 4.98 Å². The molecule has 0 bridgehead atoms. The van der Waals surface area contributed by atoms with Gasteiger partial charge in [-0.1, -0.05) is 17.7 Å². The molecule has 24 heavy (non-hydrogen) atoms. The molecule has 1 aromatic carbocycles. The molecular formula is C18H25IN4O. The zero-order chi connectivity index (χ0) is 16.1. The third kappa shape index (κ3) is 5.51. The van der Waals surface area contributed by atoms with Crippen LogP contribution in [0.4, 0.5) is 0 Å². The van der Waals surface area contributed by atoms with Gasteiger partial charge in [0.1, 0.15) is 6.26 Å². The average Bonchev–Trinajstić information content (AvgIpc) is 3.24. The summed E-state index contributed by atoms with van der Waals surface area (Å²) in [7, 11) is 0. The fraction of sp³-hybridized carbons (Fsp3) is 0.444. The summed E-state index contributed by atoms with van der Waals surface area (Å²) in [6.07, 6.45) is 4.99. The molecule has 0 saturated heterocycles. The molecule has 0 unspecified atom stereocenters. The van der Waals surface area contributed by atoms with Crippen molar-refractivity contribution in [2.24, 2.45) is 4.99 Å². The lowest BCUT2D eigenvalue weighted by molar-refractivity contribution is 0.572. The summed E-state index contributed by atoms with van der Waals surface area (Å²) >= 11 is 0. The van der Waals surface area contributed by atoms with E-state index in [1.165, 1.54) is 18.4 Å². The number of guanidine groups is 1. The summed E-state index contributed by atoms with van der Waals surface area (Å²) in [4.78, 5) is 9.14. The third-order valence-corrected chi connectivity index (χ3v) is 3.75. The van der Waals surface area contributed by atoms with Gasteiger partial charge in [-0.2, -0.15) is 0 Å². The topological polar surface area (TPSA) is 62.5 Å². The number of benzene rings is 1. The van der Waals surface area contributed by atoms with Gasteiger partial charge in [0.15, 0.2) is 5.96 Å². The maximum atomic E-state index is 5.58. The van der Waals surface area contributed by atoms with Crippen molar-refractivity contribution in [2.75, 3.05) is 13.1 Å². The van der Waals surface area contributed by atoms with Crippen molar-refractivity contribution in [3.63, 3.8) is 0 Å². The van der Waals surface area contributed by atoms with Crippen LogP contribution in [0.3, 0.4) is 0 Å². The van der Waals surface area contributed by atoms with E-state index in [0.29, 0.717) is 18.5 Å². The molecule has 130 valence electrons.